The molecule has 0 aliphatic carbocycles. The Balaban J connectivity index is 1.40. The van der Waals surface area contributed by atoms with Crippen molar-refractivity contribution in [3.63, 3.8) is 0 Å². The van der Waals surface area contributed by atoms with Crippen LogP contribution in [0.3, 0.4) is 0 Å². The van der Waals surface area contributed by atoms with E-state index < -0.39 is 0 Å². The van der Waals surface area contributed by atoms with Gasteiger partial charge in [-0.15, -0.1) is 10.2 Å². The van der Waals surface area contributed by atoms with Crippen LogP contribution in [0.2, 0.25) is 0 Å². The highest BCUT2D eigenvalue weighted by Gasteiger charge is 2.16. The lowest BCUT2D eigenvalue weighted by atomic mass is 9.99. The van der Waals surface area contributed by atoms with Gasteiger partial charge in [0.2, 0.25) is 11.8 Å². The number of nitrogens with zero attached hydrogens (tertiary/aromatic N) is 3. The van der Waals surface area contributed by atoms with Crippen molar-refractivity contribution in [1.29, 1.82) is 0 Å². The highest BCUT2D eigenvalue weighted by molar-refractivity contribution is 5.67. The molecule has 3 aromatic rings. The molecule has 0 atom stereocenters. The maximum atomic E-state index is 9.39. The Hall–Kier alpha value is -2.92. The Kier molecular flexibility index (Phi) is 4.31. The average Bonchev–Trinajstić information content (AvgIpc) is 3.12. The maximum Gasteiger partial charge on any atom is 0.247 e. The number of hydrogen-bond donors (Lipinski definition) is 1. The van der Waals surface area contributed by atoms with E-state index in [2.05, 4.69) is 21.2 Å². The SMILES string of the molecule is Oc1ccc(C2=CCN(Cc3nnc(-c4ccccc4)o3)CC2)cc1. The van der Waals surface area contributed by atoms with Crippen LogP contribution in [0, 0.1) is 0 Å². The fourth-order valence-electron chi connectivity index (χ4n) is 3.00. The van der Waals surface area contributed by atoms with Crippen molar-refractivity contribution >= 4 is 5.57 Å². The van der Waals surface area contributed by atoms with Crippen molar-refractivity contribution in [2.75, 3.05) is 13.1 Å². The minimum Gasteiger partial charge on any atom is -0.508 e. The number of phenolic OH excluding ortho intramolecular Hbond substituents is 1. The van der Waals surface area contributed by atoms with Crippen LogP contribution >= 0.6 is 0 Å². The fraction of sp³-hybridized carbons (Fsp3) is 0.200. The monoisotopic (exact) mass is 333 g/mol. The Morgan fingerprint density at radius 2 is 1.76 bits per heavy atom. The molecule has 0 saturated carbocycles. The zero-order valence-electron chi connectivity index (χ0n) is 13.8. The summed E-state index contributed by atoms with van der Waals surface area (Å²) in [5.41, 5.74) is 3.42. The van der Waals surface area contributed by atoms with Gasteiger partial charge in [0.25, 0.3) is 0 Å². The number of aromatic hydroxyl groups is 1. The summed E-state index contributed by atoms with van der Waals surface area (Å²) >= 11 is 0. The minimum absolute atomic E-state index is 0.299. The van der Waals surface area contributed by atoms with Crippen LogP contribution in [-0.4, -0.2) is 33.3 Å². The largest absolute Gasteiger partial charge is 0.508 e. The molecule has 0 radical (unpaired) electrons. The highest BCUT2D eigenvalue weighted by atomic mass is 16.4. The van der Waals surface area contributed by atoms with E-state index in [1.165, 1.54) is 11.1 Å². The summed E-state index contributed by atoms with van der Waals surface area (Å²) in [6, 6.07) is 17.2. The molecule has 126 valence electrons. The van der Waals surface area contributed by atoms with Crippen molar-refractivity contribution < 1.29 is 9.52 Å². The number of rotatable bonds is 4. The molecular weight excluding hydrogens is 314 g/mol. The zero-order chi connectivity index (χ0) is 17.1. The van der Waals surface area contributed by atoms with E-state index in [-0.39, 0.29) is 0 Å². The van der Waals surface area contributed by atoms with Crippen molar-refractivity contribution in [3.8, 4) is 17.2 Å². The van der Waals surface area contributed by atoms with Gasteiger partial charge in [0.05, 0.1) is 6.54 Å². The Labute approximate surface area is 146 Å². The molecule has 1 aromatic heterocycles. The number of phenols is 1. The summed E-state index contributed by atoms with van der Waals surface area (Å²) in [6.45, 7) is 2.44. The molecule has 0 bridgehead atoms. The second kappa shape index (κ2) is 6.91. The number of hydrogen-bond acceptors (Lipinski definition) is 5. The van der Waals surface area contributed by atoms with E-state index in [1.807, 2.05) is 42.5 Å². The smallest absolute Gasteiger partial charge is 0.247 e. The summed E-state index contributed by atoms with van der Waals surface area (Å²) < 4.78 is 5.78. The Bertz CT molecular complexity index is 869. The number of aromatic nitrogens is 2. The third-order valence-electron chi connectivity index (χ3n) is 4.38. The molecule has 0 unspecified atom stereocenters. The third-order valence-corrected chi connectivity index (χ3v) is 4.38. The topological polar surface area (TPSA) is 62.4 Å². The number of benzene rings is 2. The second-order valence-electron chi connectivity index (χ2n) is 6.13. The summed E-state index contributed by atoms with van der Waals surface area (Å²) in [5, 5.41) is 17.7. The van der Waals surface area contributed by atoms with E-state index >= 15 is 0 Å². The lowest BCUT2D eigenvalue weighted by molar-refractivity contribution is 0.263. The molecule has 4 rings (SSSR count). The van der Waals surface area contributed by atoms with Crippen molar-refractivity contribution in [3.05, 3.63) is 72.1 Å². The summed E-state index contributed by atoms with van der Waals surface area (Å²) in [6.07, 6.45) is 3.19. The van der Waals surface area contributed by atoms with Gasteiger partial charge < -0.3 is 9.52 Å². The predicted molar refractivity (Wildman–Crippen MR) is 95.7 cm³/mol. The first kappa shape index (κ1) is 15.6. The van der Waals surface area contributed by atoms with Gasteiger partial charge in [0, 0.05) is 18.7 Å². The molecule has 0 saturated heterocycles. The molecule has 5 heteroatoms. The van der Waals surface area contributed by atoms with Crippen LogP contribution in [-0.2, 0) is 6.54 Å². The van der Waals surface area contributed by atoms with Crippen LogP contribution in [0.1, 0.15) is 17.9 Å². The average molecular weight is 333 g/mol. The molecule has 25 heavy (non-hydrogen) atoms. The predicted octanol–water partition coefficient (Wildman–Crippen LogP) is 3.73. The van der Waals surface area contributed by atoms with Crippen LogP contribution in [0.4, 0.5) is 0 Å². The summed E-state index contributed by atoms with van der Waals surface area (Å²) in [4.78, 5) is 2.28. The van der Waals surface area contributed by atoms with Gasteiger partial charge in [-0.1, -0.05) is 36.4 Å². The lowest BCUT2D eigenvalue weighted by Gasteiger charge is -2.25. The van der Waals surface area contributed by atoms with Gasteiger partial charge in [-0.25, -0.2) is 0 Å². The van der Waals surface area contributed by atoms with E-state index in [0.717, 1.165) is 25.1 Å². The van der Waals surface area contributed by atoms with Crippen LogP contribution in [0.5, 0.6) is 5.75 Å². The van der Waals surface area contributed by atoms with Crippen molar-refractivity contribution in [2.45, 2.75) is 13.0 Å². The molecule has 2 heterocycles. The van der Waals surface area contributed by atoms with Crippen LogP contribution in [0.15, 0.2) is 65.1 Å². The van der Waals surface area contributed by atoms with E-state index in [9.17, 15) is 5.11 Å². The maximum absolute atomic E-state index is 9.39. The molecule has 1 aliphatic heterocycles. The fourth-order valence-corrected chi connectivity index (χ4v) is 3.00. The van der Waals surface area contributed by atoms with Crippen molar-refractivity contribution in [1.82, 2.24) is 15.1 Å². The van der Waals surface area contributed by atoms with E-state index in [4.69, 9.17) is 4.42 Å². The molecule has 0 fully saturated rings. The van der Waals surface area contributed by atoms with Crippen molar-refractivity contribution in [2.24, 2.45) is 0 Å². The Morgan fingerprint density at radius 3 is 2.48 bits per heavy atom. The summed E-state index contributed by atoms with van der Waals surface area (Å²) in [5.74, 6) is 1.50. The first-order valence-electron chi connectivity index (χ1n) is 8.36. The molecule has 1 N–H and O–H groups in total. The lowest BCUT2D eigenvalue weighted by Crippen LogP contribution is -2.28. The second-order valence-corrected chi connectivity index (χ2v) is 6.13. The third kappa shape index (κ3) is 3.61. The summed E-state index contributed by atoms with van der Waals surface area (Å²) in [7, 11) is 0. The van der Waals surface area contributed by atoms with Gasteiger partial charge in [-0.3, -0.25) is 4.90 Å². The van der Waals surface area contributed by atoms with E-state index in [1.54, 1.807) is 12.1 Å². The van der Waals surface area contributed by atoms with Gasteiger partial charge in [-0.05, 0) is 41.8 Å². The highest BCUT2D eigenvalue weighted by Crippen LogP contribution is 2.25. The quantitative estimate of drug-likeness (QED) is 0.788. The zero-order valence-corrected chi connectivity index (χ0v) is 13.8. The van der Waals surface area contributed by atoms with Gasteiger partial charge in [0.15, 0.2) is 0 Å². The van der Waals surface area contributed by atoms with Gasteiger partial charge >= 0.3 is 0 Å². The van der Waals surface area contributed by atoms with Gasteiger partial charge in [-0.2, -0.15) is 0 Å². The standard InChI is InChI=1S/C20H19N3O2/c24-18-8-6-15(7-9-18)16-10-12-23(13-11-16)14-19-21-22-20(25-19)17-4-2-1-3-5-17/h1-10,24H,11-14H2. The first-order chi connectivity index (χ1) is 12.3. The Morgan fingerprint density at radius 1 is 0.960 bits per heavy atom. The molecular formula is C20H19N3O2. The van der Waals surface area contributed by atoms with Crippen LogP contribution in [0.25, 0.3) is 17.0 Å². The molecule has 2 aromatic carbocycles. The minimum atomic E-state index is 0.299. The van der Waals surface area contributed by atoms with Gasteiger partial charge in [0.1, 0.15) is 5.75 Å². The molecule has 5 nitrogen and oxygen atoms in total. The first-order valence-corrected chi connectivity index (χ1v) is 8.36. The molecule has 0 spiro atoms. The van der Waals surface area contributed by atoms with Crippen LogP contribution < -0.4 is 0 Å². The molecule has 0 amide bonds. The molecule has 1 aliphatic rings. The normalized spacial score (nSPS) is 15.1. The van der Waals surface area contributed by atoms with E-state index in [0.29, 0.717) is 24.1 Å².